The zero-order chi connectivity index (χ0) is 21.4. The molecule has 0 aromatic carbocycles. The highest BCUT2D eigenvalue weighted by Crippen LogP contribution is 2.20. The minimum Gasteiger partial charge on any atom is -0.379 e. The number of thiazole rings is 1. The Morgan fingerprint density at radius 3 is 2.55 bits per heavy atom. The normalized spacial score (nSPS) is 19.8. The molecule has 2 aliphatic heterocycles. The summed E-state index contributed by atoms with van der Waals surface area (Å²) in [6.45, 7) is 15.6. The van der Waals surface area contributed by atoms with Crippen LogP contribution in [-0.4, -0.2) is 85.8 Å². The zero-order valence-corrected chi connectivity index (χ0v) is 22.8. The van der Waals surface area contributed by atoms with Gasteiger partial charge in [0.1, 0.15) is 0 Å². The summed E-state index contributed by atoms with van der Waals surface area (Å²) >= 11 is 1.79. The van der Waals surface area contributed by atoms with Crippen LogP contribution >= 0.6 is 35.3 Å². The van der Waals surface area contributed by atoms with Gasteiger partial charge in [-0.2, -0.15) is 0 Å². The van der Waals surface area contributed by atoms with Gasteiger partial charge in [-0.15, -0.1) is 35.3 Å². The van der Waals surface area contributed by atoms with Crippen LogP contribution in [-0.2, 0) is 17.7 Å². The monoisotopic (exact) mass is 564 g/mol. The van der Waals surface area contributed by atoms with Crippen LogP contribution in [0.4, 0.5) is 0 Å². The van der Waals surface area contributed by atoms with Crippen molar-refractivity contribution < 1.29 is 4.74 Å². The predicted molar refractivity (Wildman–Crippen MR) is 141 cm³/mol. The fraction of sp³-hybridized carbons (Fsp3) is 0.818. The molecule has 0 aliphatic carbocycles. The largest absolute Gasteiger partial charge is 0.379 e. The number of nitrogens with one attached hydrogen (secondary N) is 2. The van der Waals surface area contributed by atoms with Gasteiger partial charge < -0.3 is 15.4 Å². The van der Waals surface area contributed by atoms with Crippen LogP contribution in [0.5, 0.6) is 0 Å². The number of aliphatic imine (C=N–C) groups is 1. The van der Waals surface area contributed by atoms with Gasteiger partial charge in [0.05, 0.1) is 23.9 Å². The Bertz CT molecular complexity index is 669. The molecule has 0 spiro atoms. The predicted octanol–water partition coefficient (Wildman–Crippen LogP) is 2.81. The van der Waals surface area contributed by atoms with Crippen molar-refractivity contribution in [1.82, 2.24) is 25.4 Å². The molecule has 0 saturated carbocycles. The summed E-state index contributed by atoms with van der Waals surface area (Å²) in [5.41, 5.74) is 1.32. The third-order valence-electron chi connectivity index (χ3n) is 6.33. The Kier molecular flexibility index (Phi) is 11.5. The smallest absolute Gasteiger partial charge is 0.191 e. The summed E-state index contributed by atoms with van der Waals surface area (Å²) in [5, 5.41) is 10.6. The lowest BCUT2D eigenvalue weighted by molar-refractivity contribution is -0.00834. The van der Waals surface area contributed by atoms with Crippen LogP contribution in [0.25, 0.3) is 0 Å². The number of nitrogens with zero attached hydrogens (tertiary/aromatic N) is 4. The number of likely N-dealkylation sites (tertiary alicyclic amines) is 1. The number of guanidine groups is 1. The Labute approximate surface area is 209 Å². The van der Waals surface area contributed by atoms with Crippen LogP contribution in [0.1, 0.15) is 44.3 Å². The van der Waals surface area contributed by atoms with Crippen molar-refractivity contribution in [1.29, 1.82) is 0 Å². The van der Waals surface area contributed by atoms with E-state index in [9.17, 15) is 0 Å². The average Bonchev–Trinajstić information content (AvgIpc) is 3.23. The maximum Gasteiger partial charge on any atom is 0.191 e. The number of rotatable bonds is 8. The number of aromatic nitrogens is 1. The van der Waals surface area contributed by atoms with Gasteiger partial charge in [-0.25, -0.2) is 4.98 Å². The van der Waals surface area contributed by atoms with E-state index in [0.717, 1.165) is 71.4 Å². The van der Waals surface area contributed by atoms with Crippen molar-refractivity contribution >= 4 is 41.3 Å². The van der Waals surface area contributed by atoms with E-state index in [-0.39, 0.29) is 29.5 Å². The molecule has 0 bridgehead atoms. The molecule has 1 aromatic heterocycles. The Morgan fingerprint density at radius 1 is 1.23 bits per heavy atom. The van der Waals surface area contributed by atoms with E-state index >= 15 is 0 Å². The van der Waals surface area contributed by atoms with Gasteiger partial charge >= 0.3 is 0 Å². The minimum absolute atomic E-state index is 0. The fourth-order valence-corrected chi connectivity index (χ4v) is 4.94. The lowest BCUT2D eigenvalue weighted by Gasteiger charge is -2.41. The standard InChI is InChI=1S/C22H40N6OS.HI/c1-5-20-26-19(16-30-20)15-27-8-6-18(7-9-27)14-24-21(23-4)25-17-22(2,3)28-10-12-29-13-11-28;/h16,18H,5-15,17H2,1-4H3,(H2,23,24,25);1H. The molecule has 31 heavy (non-hydrogen) atoms. The summed E-state index contributed by atoms with van der Waals surface area (Å²) in [7, 11) is 1.86. The van der Waals surface area contributed by atoms with E-state index in [1.165, 1.54) is 23.5 Å². The first-order valence-electron chi connectivity index (χ1n) is 11.4. The number of hydrogen-bond acceptors (Lipinski definition) is 6. The third kappa shape index (κ3) is 8.42. The molecular weight excluding hydrogens is 523 g/mol. The van der Waals surface area contributed by atoms with Crippen molar-refractivity contribution in [3.05, 3.63) is 16.1 Å². The molecule has 2 aliphatic rings. The first kappa shape index (κ1) is 26.8. The highest BCUT2D eigenvalue weighted by Gasteiger charge is 2.28. The Hall–Kier alpha value is -0.490. The quantitative estimate of drug-likeness (QED) is 0.288. The van der Waals surface area contributed by atoms with Crippen LogP contribution in [0, 0.1) is 5.92 Å². The second-order valence-electron chi connectivity index (χ2n) is 9.02. The summed E-state index contributed by atoms with van der Waals surface area (Å²) in [4.78, 5) is 14.2. The second-order valence-corrected chi connectivity index (χ2v) is 9.97. The average molecular weight is 565 g/mol. The van der Waals surface area contributed by atoms with Gasteiger partial charge in [0.15, 0.2) is 5.96 Å². The number of hydrogen-bond donors (Lipinski definition) is 2. The zero-order valence-electron chi connectivity index (χ0n) is 19.7. The minimum atomic E-state index is 0. The topological polar surface area (TPSA) is 65.0 Å². The van der Waals surface area contributed by atoms with Crippen LogP contribution in [0.3, 0.4) is 0 Å². The third-order valence-corrected chi connectivity index (χ3v) is 7.37. The molecule has 1 aromatic rings. The molecule has 0 atom stereocenters. The highest BCUT2D eigenvalue weighted by atomic mass is 127. The molecule has 3 heterocycles. The second kappa shape index (κ2) is 13.3. The van der Waals surface area contributed by atoms with Crippen LogP contribution in [0.15, 0.2) is 10.4 Å². The lowest BCUT2D eigenvalue weighted by atomic mass is 9.97. The molecule has 7 nitrogen and oxygen atoms in total. The number of ether oxygens (including phenoxy) is 1. The SMILES string of the molecule is CCc1nc(CN2CCC(CNC(=NC)NCC(C)(C)N3CCOCC3)CC2)cs1.I. The fourth-order valence-electron chi connectivity index (χ4n) is 4.20. The van der Waals surface area contributed by atoms with E-state index in [4.69, 9.17) is 9.72 Å². The summed E-state index contributed by atoms with van der Waals surface area (Å²) in [6.07, 6.45) is 3.50. The molecule has 0 unspecified atom stereocenters. The summed E-state index contributed by atoms with van der Waals surface area (Å²) in [6, 6.07) is 0. The maximum atomic E-state index is 5.49. The van der Waals surface area contributed by atoms with Crippen molar-refractivity contribution in [2.45, 2.75) is 52.1 Å². The first-order valence-corrected chi connectivity index (χ1v) is 12.3. The van der Waals surface area contributed by atoms with Crippen molar-refractivity contribution in [3.8, 4) is 0 Å². The van der Waals surface area contributed by atoms with Crippen molar-refractivity contribution in [2.24, 2.45) is 10.9 Å². The van der Waals surface area contributed by atoms with E-state index in [0.29, 0.717) is 5.92 Å². The van der Waals surface area contributed by atoms with Gasteiger partial charge in [-0.05, 0) is 52.1 Å². The van der Waals surface area contributed by atoms with Gasteiger partial charge in [0.25, 0.3) is 0 Å². The lowest BCUT2D eigenvalue weighted by Crippen LogP contribution is -2.56. The molecular formula is C22H41IN6OS. The molecule has 9 heteroatoms. The number of aryl methyl sites for hydroxylation is 1. The first-order chi connectivity index (χ1) is 14.5. The summed E-state index contributed by atoms with van der Waals surface area (Å²) in [5.74, 6) is 1.61. The van der Waals surface area contributed by atoms with Gasteiger partial charge in [0.2, 0.25) is 0 Å². The number of halogens is 1. The van der Waals surface area contributed by atoms with Crippen molar-refractivity contribution in [3.63, 3.8) is 0 Å². The molecule has 2 N–H and O–H groups in total. The molecule has 2 saturated heterocycles. The van der Waals surface area contributed by atoms with Gasteiger partial charge in [-0.1, -0.05) is 6.92 Å². The Balaban J connectivity index is 0.00000341. The van der Waals surface area contributed by atoms with Crippen molar-refractivity contribution in [2.75, 3.05) is 59.5 Å². The summed E-state index contributed by atoms with van der Waals surface area (Å²) < 4.78 is 5.49. The molecule has 3 rings (SSSR count). The number of piperidine rings is 1. The maximum absolute atomic E-state index is 5.49. The Morgan fingerprint density at radius 2 is 1.94 bits per heavy atom. The molecule has 0 radical (unpaired) electrons. The van der Waals surface area contributed by atoms with Crippen LogP contribution in [0.2, 0.25) is 0 Å². The van der Waals surface area contributed by atoms with Gasteiger partial charge in [-0.3, -0.25) is 14.8 Å². The number of morpholine rings is 1. The highest BCUT2D eigenvalue weighted by molar-refractivity contribution is 14.0. The molecule has 0 amide bonds. The van der Waals surface area contributed by atoms with Gasteiger partial charge in [0, 0.05) is 50.7 Å². The van der Waals surface area contributed by atoms with E-state index in [1.807, 2.05) is 7.05 Å². The van der Waals surface area contributed by atoms with E-state index < -0.39 is 0 Å². The molecule has 2 fully saturated rings. The van der Waals surface area contributed by atoms with E-state index in [2.05, 4.69) is 51.6 Å². The van der Waals surface area contributed by atoms with E-state index in [1.54, 1.807) is 11.3 Å². The van der Waals surface area contributed by atoms with Crippen LogP contribution < -0.4 is 10.6 Å². The molecule has 178 valence electrons.